The van der Waals surface area contributed by atoms with Gasteiger partial charge in [0.05, 0.1) is 19.8 Å². The van der Waals surface area contributed by atoms with E-state index in [1.54, 1.807) is 0 Å². The molecule has 2 aliphatic heterocycles. The predicted molar refractivity (Wildman–Crippen MR) is 139 cm³/mol. The molecule has 4 N–H and O–H groups in total. The van der Waals surface area contributed by atoms with Crippen LogP contribution in [0.1, 0.15) is 49.3 Å². The number of amides is 3. The third-order valence-corrected chi connectivity index (χ3v) is 7.22. The summed E-state index contributed by atoms with van der Waals surface area (Å²) < 4.78 is 16.5. The average molecular weight is 525 g/mol. The molecule has 0 spiro atoms. The van der Waals surface area contributed by atoms with E-state index in [4.69, 9.17) is 26.8 Å². The summed E-state index contributed by atoms with van der Waals surface area (Å²) >= 11 is 6.32. The highest BCUT2D eigenvalue weighted by molar-refractivity contribution is 6.30. The molecule has 0 aliphatic carbocycles. The van der Waals surface area contributed by atoms with E-state index in [9.17, 15) is 9.59 Å². The molecule has 1 aromatic carbocycles. The number of aryl methyl sites for hydroxylation is 1. The van der Waals surface area contributed by atoms with Gasteiger partial charge in [-0.25, -0.2) is 9.59 Å². The van der Waals surface area contributed by atoms with Crippen LogP contribution in [0.15, 0.2) is 18.2 Å². The van der Waals surface area contributed by atoms with Gasteiger partial charge in [-0.15, -0.1) is 0 Å². The molecule has 2 saturated heterocycles. The van der Waals surface area contributed by atoms with Crippen LogP contribution in [0.4, 0.5) is 9.59 Å². The van der Waals surface area contributed by atoms with Crippen LogP contribution >= 0.6 is 11.6 Å². The summed E-state index contributed by atoms with van der Waals surface area (Å²) in [5, 5.41) is 6.31. The van der Waals surface area contributed by atoms with Crippen LogP contribution in [-0.2, 0) is 14.2 Å². The van der Waals surface area contributed by atoms with E-state index in [-0.39, 0.29) is 24.1 Å². The number of alkyl carbamates (subject to hydrolysis) is 1. The molecular formula is C26H41ClN4O5. The Bertz CT molecular complexity index is 852. The Balaban J connectivity index is 1.58. The molecule has 4 atom stereocenters. The number of nitrogens with one attached hydrogen (secondary N) is 2. The van der Waals surface area contributed by atoms with Crippen LogP contribution < -0.4 is 16.4 Å². The lowest BCUT2D eigenvalue weighted by atomic mass is 9.86. The maximum Gasteiger partial charge on any atom is 0.406 e. The van der Waals surface area contributed by atoms with Crippen molar-refractivity contribution in [2.45, 2.75) is 51.2 Å². The van der Waals surface area contributed by atoms with Crippen LogP contribution in [0, 0.1) is 18.8 Å². The number of piperidine rings is 1. The number of methoxy groups -OCH3 is 1. The van der Waals surface area contributed by atoms with Crippen molar-refractivity contribution in [3.63, 3.8) is 0 Å². The highest BCUT2D eigenvalue weighted by Crippen LogP contribution is 2.35. The summed E-state index contributed by atoms with van der Waals surface area (Å²) in [4.78, 5) is 26.2. The van der Waals surface area contributed by atoms with Crippen molar-refractivity contribution in [1.29, 1.82) is 0 Å². The van der Waals surface area contributed by atoms with Crippen LogP contribution in [0.5, 0.6) is 0 Å². The zero-order chi connectivity index (χ0) is 25.9. The molecule has 0 radical (unpaired) electrons. The molecule has 0 aromatic heterocycles. The van der Waals surface area contributed by atoms with Crippen molar-refractivity contribution in [2.24, 2.45) is 17.6 Å². The molecule has 202 valence electrons. The van der Waals surface area contributed by atoms with E-state index in [2.05, 4.69) is 15.4 Å². The van der Waals surface area contributed by atoms with Gasteiger partial charge in [0.1, 0.15) is 0 Å². The fourth-order valence-electron chi connectivity index (χ4n) is 5.09. The van der Waals surface area contributed by atoms with Crippen molar-refractivity contribution >= 4 is 23.7 Å². The zero-order valence-electron chi connectivity index (χ0n) is 21.5. The third-order valence-electron chi connectivity index (χ3n) is 6.98. The summed E-state index contributed by atoms with van der Waals surface area (Å²) in [5.74, 6) is 0.561. The SMILES string of the molecule is COC(=O)NCCOC(c1cc(Cl)ccc1C)[C@@H]1CCCN(C(=O)NC[C@H](N)C[C@H]2CCCOC2)C1. The zero-order valence-corrected chi connectivity index (χ0v) is 22.2. The first-order valence-corrected chi connectivity index (χ1v) is 13.3. The number of nitrogens with two attached hydrogens (primary N) is 1. The minimum atomic E-state index is -0.496. The monoisotopic (exact) mass is 524 g/mol. The van der Waals surface area contributed by atoms with E-state index < -0.39 is 6.09 Å². The number of hydrogen-bond donors (Lipinski definition) is 3. The van der Waals surface area contributed by atoms with Crippen LogP contribution in [0.2, 0.25) is 5.02 Å². The van der Waals surface area contributed by atoms with Gasteiger partial charge in [-0.3, -0.25) is 0 Å². The molecule has 1 unspecified atom stereocenters. The Labute approximate surface area is 219 Å². The molecule has 0 bridgehead atoms. The summed E-state index contributed by atoms with van der Waals surface area (Å²) in [7, 11) is 1.33. The lowest BCUT2D eigenvalue weighted by Crippen LogP contribution is -2.49. The number of urea groups is 1. The number of ether oxygens (including phenoxy) is 3. The lowest BCUT2D eigenvalue weighted by Gasteiger charge is -2.37. The maximum atomic E-state index is 13.0. The van der Waals surface area contributed by atoms with Gasteiger partial charge in [-0.2, -0.15) is 0 Å². The van der Waals surface area contributed by atoms with Crippen LogP contribution in [-0.4, -0.2) is 76.2 Å². The topological polar surface area (TPSA) is 115 Å². The van der Waals surface area contributed by atoms with Gasteiger partial charge in [0.25, 0.3) is 0 Å². The number of carbonyl (C=O) groups is 2. The number of nitrogens with zero attached hydrogens (tertiary/aromatic N) is 1. The molecule has 2 aliphatic rings. The number of hydrogen-bond acceptors (Lipinski definition) is 6. The van der Waals surface area contributed by atoms with Gasteiger partial charge in [0, 0.05) is 56.4 Å². The second-order valence-electron chi connectivity index (χ2n) is 9.82. The summed E-state index contributed by atoms with van der Waals surface area (Å²) in [5.41, 5.74) is 8.38. The van der Waals surface area contributed by atoms with E-state index >= 15 is 0 Å². The first-order valence-electron chi connectivity index (χ1n) is 12.9. The standard InChI is InChI=1S/C26H41ClN4O5/c1-18-7-8-21(27)14-23(18)24(36-12-9-29-26(33)34-2)20-6-3-10-31(16-20)25(32)30-15-22(28)13-19-5-4-11-35-17-19/h7-8,14,19-20,22,24H,3-6,9-13,15-17,28H2,1-2H3,(H,29,33)(H,30,32)/t19-,20-,22-,24?/m1/s1. The number of likely N-dealkylation sites (tertiary alicyclic amines) is 1. The predicted octanol–water partition coefficient (Wildman–Crippen LogP) is 3.63. The highest BCUT2D eigenvalue weighted by atomic mass is 35.5. The van der Waals surface area contributed by atoms with Crippen molar-refractivity contribution in [3.05, 3.63) is 34.3 Å². The quantitative estimate of drug-likeness (QED) is 0.403. The smallest absolute Gasteiger partial charge is 0.406 e. The van der Waals surface area contributed by atoms with Crippen LogP contribution in [0.25, 0.3) is 0 Å². The first-order chi connectivity index (χ1) is 17.4. The molecule has 3 rings (SSSR count). The molecule has 2 fully saturated rings. The molecule has 36 heavy (non-hydrogen) atoms. The number of rotatable bonds is 10. The van der Waals surface area contributed by atoms with Gasteiger partial charge >= 0.3 is 12.1 Å². The summed E-state index contributed by atoms with van der Waals surface area (Å²) in [6.07, 6.45) is 4.11. The van der Waals surface area contributed by atoms with E-state index in [0.717, 1.165) is 56.4 Å². The van der Waals surface area contributed by atoms with Gasteiger partial charge in [0.2, 0.25) is 0 Å². The molecule has 1 aromatic rings. The second kappa shape index (κ2) is 14.6. The fraction of sp³-hybridized carbons (Fsp3) is 0.692. The van der Waals surface area contributed by atoms with Crippen molar-refractivity contribution in [3.8, 4) is 0 Å². The first kappa shape index (κ1) is 28.5. The summed E-state index contributed by atoms with van der Waals surface area (Å²) in [6.45, 7) is 5.97. The van der Waals surface area contributed by atoms with Crippen molar-refractivity contribution in [1.82, 2.24) is 15.5 Å². The maximum absolute atomic E-state index is 13.0. The third kappa shape index (κ3) is 8.80. The van der Waals surface area contributed by atoms with Gasteiger partial charge in [0.15, 0.2) is 0 Å². The normalized spacial score (nSPS) is 21.9. The van der Waals surface area contributed by atoms with E-state index in [0.29, 0.717) is 43.7 Å². The Morgan fingerprint density at radius 3 is 2.86 bits per heavy atom. The number of carbonyl (C=O) groups excluding carboxylic acids is 2. The van der Waals surface area contributed by atoms with Gasteiger partial charge in [-0.05, 0) is 68.2 Å². The number of benzene rings is 1. The van der Waals surface area contributed by atoms with Crippen LogP contribution in [0.3, 0.4) is 0 Å². The number of halogens is 1. The molecule has 9 nitrogen and oxygen atoms in total. The minimum absolute atomic E-state index is 0.0891. The highest BCUT2D eigenvalue weighted by Gasteiger charge is 2.32. The largest absolute Gasteiger partial charge is 0.453 e. The van der Waals surface area contributed by atoms with Crippen molar-refractivity contribution in [2.75, 3.05) is 53.1 Å². The molecule has 2 heterocycles. The molecule has 10 heteroatoms. The van der Waals surface area contributed by atoms with Crippen molar-refractivity contribution < 1.29 is 23.8 Å². The Hall–Kier alpha value is -2.07. The Morgan fingerprint density at radius 2 is 2.11 bits per heavy atom. The minimum Gasteiger partial charge on any atom is -0.453 e. The Kier molecular flexibility index (Phi) is 11.6. The van der Waals surface area contributed by atoms with E-state index in [1.807, 2.05) is 30.0 Å². The molecule has 3 amide bonds. The molecular weight excluding hydrogens is 484 g/mol. The van der Waals surface area contributed by atoms with E-state index in [1.165, 1.54) is 7.11 Å². The second-order valence-corrected chi connectivity index (χ2v) is 10.3. The van der Waals surface area contributed by atoms with Gasteiger partial charge in [-0.1, -0.05) is 17.7 Å². The fourth-order valence-corrected chi connectivity index (χ4v) is 5.27. The summed E-state index contributed by atoms with van der Waals surface area (Å²) in [6, 6.07) is 5.59. The lowest BCUT2D eigenvalue weighted by molar-refractivity contribution is -0.00884. The Morgan fingerprint density at radius 1 is 1.28 bits per heavy atom. The molecule has 0 saturated carbocycles. The average Bonchev–Trinajstić information content (AvgIpc) is 2.89. The van der Waals surface area contributed by atoms with Gasteiger partial charge < -0.3 is 35.5 Å².